The number of rotatable bonds is 6. The molecule has 3 aliphatic rings. The summed E-state index contributed by atoms with van der Waals surface area (Å²) >= 11 is 0. The summed E-state index contributed by atoms with van der Waals surface area (Å²) in [7, 11) is 0. The lowest BCUT2D eigenvalue weighted by Gasteiger charge is -2.41. The SMILES string of the molecule is O=C([O-])C[C@@H]1CCN(C(=O)C2CCCCC2)C[C@@H]1CCN1CC[NH2+]CC1. The van der Waals surface area contributed by atoms with Crippen LogP contribution in [0.15, 0.2) is 0 Å². The standard InChI is InChI=1S/C20H35N3O3/c24-19(25)14-17-7-11-23(20(26)16-4-2-1-3-5-16)15-18(17)6-10-22-12-8-21-9-13-22/h16-18,21H,1-15H2,(H,24,25)/t17-,18-/m0/s1. The van der Waals surface area contributed by atoms with Crippen molar-refractivity contribution in [3.05, 3.63) is 0 Å². The van der Waals surface area contributed by atoms with Crippen LogP contribution in [0.3, 0.4) is 0 Å². The van der Waals surface area contributed by atoms with Crippen LogP contribution < -0.4 is 10.4 Å². The van der Waals surface area contributed by atoms with Gasteiger partial charge in [-0.15, -0.1) is 0 Å². The van der Waals surface area contributed by atoms with Crippen molar-refractivity contribution in [2.75, 3.05) is 45.8 Å². The van der Waals surface area contributed by atoms with E-state index in [1.54, 1.807) is 0 Å². The van der Waals surface area contributed by atoms with Crippen molar-refractivity contribution in [1.82, 2.24) is 9.80 Å². The zero-order chi connectivity index (χ0) is 18.4. The zero-order valence-electron chi connectivity index (χ0n) is 16.0. The number of hydrogen-bond acceptors (Lipinski definition) is 4. The van der Waals surface area contributed by atoms with Gasteiger partial charge in [-0.3, -0.25) is 9.69 Å². The van der Waals surface area contributed by atoms with Gasteiger partial charge in [-0.1, -0.05) is 19.3 Å². The molecule has 6 nitrogen and oxygen atoms in total. The second-order valence-corrected chi connectivity index (χ2v) is 8.50. The molecular formula is C20H35N3O3. The van der Waals surface area contributed by atoms with Gasteiger partial charge in [0.2, 0.25) is 5.91 Å². The molecule has 2 aliphatic heterocycles. The number of nitrogens with zero attached hydrogens (tertiary/aromatic N) is 2. The predicted molar refractivity (Wildman–Crippen MR) is 97.1 cm³/mol. The number of carboxylic acid groups (broad SMARTS) is 1. The molecular weight excluding hydrogens is 330 g/mol. The van der Waals surface area contributed by atoms with Crippen molar-refractivity contribution in [1.29, 1.82) is 0 Å². The molecule has 0 radical (unpaired) electrons. The number of carbonyl (C=O) groups excluding carboxylic acids is 2. The summed E-state index contributed by atoms with van der Waals surface area (Å²) in [6.45, 7) is 7.02. The maximum absolute atomic E-state index is 12.9. The number of quaternary nitrogens is 1. The van der Waals surface area contributed by atoms with Crippen molar-refractivity contribution in [3.8, 4) is 0 Å². The summed E-state index contributed by atoms with van der Waals surface area (Å²) in [5.74, 6) is 0.0420. The Morgan fingerprint density at radius 1 is 0.962 bits per heavy atom. The molecule has 0 aromatic heterocycles. The van der Waals surface area contributed by atoms with Crippen LogP contribution in [0.5, 0.6) is 0 Å². The van der Waals surface area contributed by atoms with Crippen LogP contribution in [0.2, 0.25) is 0 Å². The van der Waals surface area contributed by atoms with Gasteiger partial charge in [-0.05, 0) is 50.5 Å². The Morgan fingerprint density at radius 2 is 1.69 bits per heavy atom. The third-order valence-corrected chi connectivity index (χ3v) is 6.70. The second-order valence-electron chi connectivity index (χ2n) is 8.50. The van der Waals surface area contributed by atoms with E-state index in [0.717, 1.165) is 71.5 Å². The number of nitrogens with two attached hydrogens (primary N) is 1. The molecule has 0 spiro atoms. The van der Waals surface area contributed by atoms with Gasteiger partial charge in [-0.25, -0.2) is 0 Å². The summed E-state index contributed by atoms with van der Waals surface area (Å²) in [6, 6.07) is 0. The van der Waals surface area contributed by atoms with E-state index in [2.05, 4.69) is 15.1 Å². The molecule has 0 unspecified atom stereocenters. The fourth-order valence-corrected chi connectivity index (χ4v) is 5.07. The first-order valence-corrected chi connectivity index (χ1v) is 10.7. The molecule has 6 heteroatoms. The molecule has 1 aliphatic carbocycles. The highest BCUT2D eigenvalue weighted by molar-refractivity contribution is 5.79. The van der Waals surface area contributed by atoms with Crippen LogP contribution in [0.1, 0.15) is 51.4 Å². The lowest BCUT2D eigenvalue weighted by atomic mass is 9.80. The van der Waals surface area contributed by atoms with Gasteiger partial charge in [0.25, 0.3) is 0 Å². The number of piperidine rings is 1. The maximum atomic E-state index is 12.9. The van der Waals surface area contributed by atoms with Gasteiger partial charge in [-0.2, -0.15) is 0 Å². The molecule has 2 saturated heterocycles. The smallest absolute Gasteiger partial charge is 0.225 e. The Kier molecular flexibility index (Phi) is 7.32. The van der Waals surface area contributed by atoms with E-state index >= 15 is 0 Å². The molecule has 2 N–H and O–H groups in total. The van der Waals surface area contributed by atoms with Crippen LogP contribution in [0.25, 0.3) is 0 Å². The first-order chi connectivity index (χ1) is 12.6. The summed E-state index contributed by atoms with van der Waals surface area (Å²) in [5.41, 5.74) is 0. The lowest BCUT2D eigenvalue weighted by Crippen LogP contribution is -2.89. The van der Waals surface area contributed by atoms with Crippen LogP contribution in [-0.4, -0.2) is 67.5 Å². The van der Waals surface area contributed by atoms with E-state index in [1.165, 1.54) is 19.3 Å². The number of piperazine rings is 1. The highest BCUT2D eigenvalue weighted by Crippen LogP contribution is 2.32. The van der Waals surface area contributed by atoms with Crippen LogP contribution in [0, 0.1) is 17.8 Å². The van der Waals surface area contributed by atoms with Crippen molar-refractivity contribution < 1.29 is 20.0 Å². The van der Waals surface area contributed by atoms with Gasteiger partial charge >= 0.3 is 0 Å². The lowest BCUT2D eigenvalue weighted by molar-refractivity contribution is -0.663. The van der Waals surface area contributed by atoms with Crippen LogP contribution >= 0.6 is 0 Å². The Bertz CT molecular complexity index is 473. The molecule has 1 saturated carbocycles. The molecule has 0 bridgehead atoms. The zero-order valence-corrected chi connectivity index (χ0v) is 16.0. The monoisotopic (exact) mass is 365 g/mol. The Balaban J connectivity index is 1.56. The molecule has 2 atom stereocenters. The van der Waals surface area contributed by atoms with Gasteiger partial charge < -0.3 is 20.1 Å². The molecule has 26 heavy (non-hydrogen) atoms. The molecule has 3 rings (SSSR count). The average Bonchev–Trinajstić information content (AvgIpc) is 2.68. The largest absolute Gasteiger partial charge is 0.550 e. The maximum Gasteiger partial charge on any atom is 0.225 e. The molecule has 0 aromatic carbocycles. The summed E-state index contributed by atoms with van der Waals surface area (Å²) in [5, 5.41) is 13.5. The number of carboxylic acids is 1. The van der Waals surface area contributed by atoms with E-state index in [1.807, 2.05) is 0 Å². The minimum absolute atomic E-state index is 0.143. The highest BCUT2D eigenvalue weighted by Gasteiger charge is 2.34. The number of amides is 1. The minimum atomic E-state index is -0.945. The Labute approximate surface area is 157 Å². The highest BCUT2D eigenvalue weighted by atomic mass is 16.4. The number of hydrogen-bond donors (Lipinski definition) is 1. The summed E-state index contributed by atoms with van der Waals surface area (Å²) < 4.78 is 0. The first kappa shape index (κ1) is 19.6. The molecule has 1 amide bonds. The summed E-state index contributed by atoms with van der Waals surface area (Å²) in [4.78, 5) is 28.6. The average molecular weight is 366 g/mol. The quantitative estimate of drug-likeness (QED) is 0.684. The van der Waals surface area contributed by atoms with Crippen molar-refractivity contribution in [2.24, 2.45) is 17.8 Å². The minimum Gasteiger partial charge on any atom is -0.550 e. The number of aliphatic carboxylic acids is 1. The van der Waals surface area contributed by atoms with E-state index in [4.69, 9.17) is 0 Å². The molecule has 148 valence electrons. The van der Waals surface area contributed by atoms with Gasteiger partial charge in [0.15, 0.2) is 0 Å². The van der Waals surface area contributed by atoms with Gasteiger partial charge in [0, 0.05) is 38.1 Å². The Morgan fingerprint density at radius 3 is 2.38 bits per heavy atom. The van der Waals surface area contributed by atoms with E-state index < -0.39 is 5.97 Å². The number of carbonyl (C=O) groups is 2. The predicted octanol–water partition coefficient (Wildman–Crippen LogP) is -0.559. The Hall–Kier alpha value is -1.14. The first-order valence-electron chi connectivity index (χ1n) is 10.7. The second kappa shape index (κ2) is 9.70. The van der Waals surface area contributed by atoms with Crippen molar-refractivity contribution >= 4 is 11.9 Å². The van der Waals surface area contributed by atoms with Gasteiger partial charge in [0.05, 0.1) is 13.1 Å². The van der Waals surface area contributed by atoms with E-state index in [9.17, 15) is 14.7 Å². The fraction of sp³-hybridized carbons (Fsp3) is 0.900. The van der Waals surface area contributed by atoms with Crippen LogP contribution in [0.4, 0.5) is 0 Å². The molecule has 3 fully saturated rings. The van der Waals surface area contributed by atoms with Crippen molar-refractivity contribution in [3.63, 3.8) is 0 Å². The third kappa shape index (κ3) is 5.43. The summed E-state index contributed by atoms with van der Waals surface area (Å²) in [6.07, 6.45) is 7.62. The molecule has 2 heterocycles. The topological polar surface area (TPSA) is 80.3 Å². The van der Waals surface area contributed by atoms with Crippen molar-refractivity contribution in [2.45, 2.75) is 51.4 Å². The normalized spacial score (nSPS) is 28.8. The van der Waals surface area contributed by atoms with E-state index in [0.29, 0.717) is 11.8 Å². The fourth-order valence-electron chi connectivity index (χ4n) is 5.07. The van der Waals surface area contributed by atoms with Crippen LogP contribution in [-0.2, 0) is 9.59 Å². The van der Waals surface area contributed by atoms with E-state index in [-0.39, 0.29) is 18.3 Å². The third-order valence-electron chi connectivity index (χ3n) is 6.70. The number of likely N-dealkylation sites (tertiary alicyclic amines) is 1. The molecule has 0 aromatic rings. The van der Waals surface area contributed by atoms with Gasteiger partial charge in [0.1, 0.15) is 0 Å².